The fourth-order valence-corrected chi connectivity index (χ4v) is 8.18. The summed E-state index contributed by atoms with van der Waals surface area (Å²) < 4.78 is 6.84. The first-order valence-electron chi connectivity index (χ1n) is 19.6. The number of ketones is 2. The van der Waals surface area contributed by atoms with E-state index in [2.05, 4.69) is 25.9 Å². The maximum atomic E-state index is 14.4. The molecule has 0 fully saturated rings. The van der Waals surface area contributed by atoms with Gasteiger partial charge in [0.15, 0.2) is 5.01 Å². The van der Waals surface area contributed by atoms with Crippen LogP contribution >= 0.6 is 11.3 Å². The molecule has 2 bridgehead atoms. The van der Waals surface area contributed by atoms with Crippen molar-refractivity contribution in [3.8, 4) is 5.75 Å². The topological polar surface area (TPSA) is 183 Å². The molecule has 0 saturated carbocycles. The first-order valence-corrected chi connectivity index (χ1v) is 20.5. The Bertz CT molecular complexity index is 2200. The second-order valence-electron chi connectivity index (χ2n) is 14.9. The second-order valence-corrected chi connectivity index (χ2v) is 16.0. The summed E-state index contributed by atoms with van der Waals surface area (Å²) in [4.78, 5) is 77.0. The molecule has 0 spiro atoms. The Morgan fingerprint density at radius 3 is 2.49 bits per heavy atom. The van der Waals surface area contributed by atoms with Crippen LogP contribution in [-0.4, -0.2) is 69.7 Å². The number of aromatic amines is 1. The average Bonchev–Trinajstić information content (AvgIpc) is 3.82. The minimum Gasteiger partial charge on any atom is -0.494 e. The highest BCUT2D eigenvalue weighted by Gasteiger charge is 2.33. The summed E-state index contributed by atoms with van der Waals surface area (Å²) in [5, 5.41) is 17.9. The van der Waals surface area contributed by atoms with Crippen molar-refractivity contribution in [3.63, 3.8) is 0 Å². The molecule has 5 aromatic rings. The first kappa shape index (κ1) is 41.0. The Hall–Kier alpha value is -5.69. The molecule has 298 valence electrons. The Morgan fingerprint density at radius 1 is 0.947 bits per heavy atom. The third kappa shape index (κ3) is 11.2. The molecular weight excluding hydrogens is 741 g/mol. The zero-order valence-electron chi connectivity index (χ0n) is 32.4. The van der Waals surface area contributed by atoms with E-state index in [0.717, 1.165) is 26.7 Å². The second kappa shape index (κ2) is 19.4. The van der Waals surface area contributed by atoms with Crippen molar-refractivity contribution in [2.24, 2.45) is 5.92 Å². The van der Waals surface area contributed by atoms with Crippen molar-refractivity contribution in [3.05, 3.63) is 95.1 Å². The highest BCUT2D eigenvalue weighted by Crippen LogP contribution is 2.25. The van der Waals surface area contributed by atoms with Crippen molar-refractivity contribution >= 4 is 67.5 Å². The largest absolute Gasteiger partial charge is 0.494 e. The molecule has 4 heterocycles. The molecule has 12 nitrogen and oxygen atoms in total. The van der Waals surface area contributed by atoms with Crippen LogP contribution in [0, 0.1) is 11.3 Å². The number of amides is 3. The number of hydrogen-bond acceptors (Lipinski definition) is 9. The van der Waals surface area contributed by atoms with Crippen molar-refractivity contribution in [1.82, 2.24) is 25.9 Å². The van der Waals surface area contributed by atoms with Crippen molar-refractivity contribution < 1.29 is 28.7 Å². The van der Waals surface area contributed by atoms with E-state index in [-0.39, 0.29) is 42.3 Å². The maximum absolute atomic E-state index is 14.4. The number of rotatable bonds is 13. The predicted octanol–water partition coefficient (Wildman–Crippen LogP) is 6.66. The average molecular weight is 791 g/mol. The standard InChI is InChI=1S/C44H50N6O6S/c1-27(45)11-3-5-15-36(40(52)44-50-35-14-7-8-17-39(35)57-44)47-42(54)37-16-9-10-22-56-32-20-18-29(19-21-32)24-30(23-28(2)51)41(53)49-38(43(55)48-37)25-31-26-46-34-13-6-4-12-33(31)34/h4,6-8,12-14,17-21,26,30,36-38,45-46H,3,5,9-11,15-16,22-25H2,1-2H3,(H,47,54)(H,48,55)(H,49,53)/t30-,36-,37-,38-/m0/s1. The van der Waals surface area contributed by atoms with Gasteiger partial charge in [-0.2, -0.15) is 0 Å². The van der Waals surface area contributed by atoms with Crippen LogP contribution in [0.1, 0.15) is 86.1 Å². The Balaban J connectivity index is 1.29. The van der Waals surface area contributed by atoms with E-state index in [1.54, 1.807) is 6.92 Å². The molecule has 0 aliphatic carbocycles. The van der Waals surface area contributed by atoms with Gasteiger partial charge in [0.05, 0.1) is 22.9 Å². The number of nitrogens with one attached hydrogen (secondary N) is 5. The van der Waals surface area contributed by atoms with Crippen LogP contribution in [0.3, 0.4) is 0 Å². The summed E-state index contributed by atoms with van der Waals surface area (Å²) in [6.45, 7) is 3.56. The highest BCUT2D eigenvalue weighted by molar-refractivity contribution is 7.20. The van der Waals surface area contributed by atoms with Gasteiger partial charge in [-0.1, -0.05) is 48.9 Å². The van der Waals surface area contributed by atoms with E-state index in [9.17, 15) is 24.0 Å². The van der Waals surface area contributed by atoms with Gasteiger partial charge in [-0.25, -0.2) is 4.98 Å². The Morgan fingerprint density at radius 2 is 1.72 bits per heavy atom. The van der Waals surface area contributed by atoms with E-state index in [1.807, 2.05) is 79.0 Å². The van der Waals surface area contributed by atoms with Gasteiger partial charge in [-0.15, -0.1) is 11.3 Å². The number of carbonyl (C=O) groups is 5. The molecule has 57 heavy (non-hydrogen) atoms. The number of unbranched alkanes of at least 4 members (excludes halogenated alkanes) is 1. The number of aromatic nitrogens is 2. The molecular formula is C44H50N6O6S. The fraction of sp³-hybridized carbons (Fsp3) is 0.386. The minimum atomic E-state index is -1.09. The number of benzene rings is 3. The smallest absolute Gasteiger partial charge is 0.243 e. The number of fused-ring (bicyclic) bond motifs is 16. The van der Waals surface area contributed by atoms with Crippen molar-refractivity contribution in [2.75, 3.05) is 6.61 Å². The fourth-order valence-electron chi connectivity index (χ4n) is 7.22. The van der Waals surface area contributed by atoms with Crippen LogP contribution in [0.2, 0.25) is 0 Å². The Labute approximate surface area is 336 Å². The summed E-state index contributed by atoms with van der Waals surface area (Å²) in [5.41, 5.74) is 3.77. The lowest BCUT2D eigenvalue weighted by molar-refractivity contribution is -0.134. The zero-order valence-corrected chi connectivity index (χ0v) is 33.2. The lowest BCUT2D eigenvalue weighted by Gasteiger charge is -2.26. The van der Waals surface area contributed by atoms with Crippen molar-refractivity contribution in [2.45, 2.75) is 96.2 Å². The number of para-hydroxylation sites is 2. The molecule has 0 saturated heterocycles. The molecule has 2 aliphatic rings. The number of ether oxygens (including phenoxy) is 1. The third-order valence-corrected chi connectivity index (χ3v) is 11.3. The number of hydrogen-bond donors (Lipinski definition) is 5. The molecule has 0 unspecified atom stereocenters. The summed E-state index contributed by atoms with van der Waals surface area (Å²) in [6.07, 6.45) is 5.73. The monoisotopic (exact) mass is 790 g/mol. The number of thiazole rings is 1. The molecule has 4 atom stereocenters. The van der Waals surface area contributed by atoms with Gasteiger partial charge in [0.1, 0.15) is 23.6 Å². The third-order valence-electron chi connectivity index (χ3n) is 10.3. The summed E-state index contributed by atoms with van der Waals surface area (Å²) in [7, 11) is 0. The molecule has 7 rings (SSSR count). The minimum absolute atomic E-state index is 0.0139. The quantitative estimate of drug-likeness (QED) is 0.0502. The van der Waals surface area contributed by atoms with Crippen LogP contribution in [0.4, 0.5) is 0 Å². The van der Waals surface area contributed by atoms with Gasteiger partial charge in [0, 0.05) is 41.6 Å². The van der Waals surface area contributed by atoms with Gasteiger partial charge < -0.3 is 35.9 Å². The van der Waals surface area contributed by atoms with E-state index >= 15 is 0 Å². The van der Waals surface area contributed by atoms with Crippen LogP contribution in [0.15, 0.2) is 79.0 Å². The van der Waals surface area contributed by atoms with Gasteiger partial charge in [0.2, 0.25) is 23.5 Å². The van der Waals surface area contributed by atoms with E-state index in [1.165, 1.54) is 18.3 Å². The van der Waals surface area contributed by atoms with Crippen LogP contribution in [0.25, 0.3) is 21.1 Å². The van der Waals surface area contributed by atoms with Gasteiger partial charge in [-0.05, 0) is 100 Å². The number of carbonyl (C=O) groups excluding carboxylic acids is 5. The summed E-state index contributed by atoms with van der Waals surface area (Å²) in [6, 6.07) is 19.5. The van der Waals surface area contributed by atoms with Crippen LogP contribution < -0.4 is 20.7 Å². The zero-order chi connectivity index (χ0) is 40.3. The molecule has 2 aromatic heterocycles. The van der Waals surface area contributed by atoms with E-state index < -0.39 is 41.8 Å². The van der Waals surface area contributed by atoms with E-state index in [0.29, 0.717) is 62.1 Å². The first-order chi connectivity index (χ1) is 27.5. The highest BCUT2D eigenvalue weighted by atomic mass is 32.1. The van der Waals surface area contributed by atoms with Crippen LogP contribution in [-0.2, 0) is 32.0 Å². The lowest BCUT2D eigenvalue weighted by atomic mass is 9.93. The predicted molar refractivity (Wildman–Crippen MR) is 222 cm³/mol. The molecule has 3 amide bonds. The maximum Gasteiger partial charge on any atom is 0.243 e. The van der Waals surface area contributed by atoms with Crippen molar-refractivity contribution in [1.29, 1.82) is 5.41 Å². The number of Topliss-reactive ketones (excluding diaryl/α,β-unsaturated/α-hetero) is 2. The molecule has 3 aromatic carbocycles. The molecule has 5 N–H and O–H groups in total. The molecule has 0 radical (unpaired) electrons. The lowest BCUT2D eigenvalue weighted by Crippen LogP contribution is -2.56. The Kier molecular flexibility index (Phi) is 14.0. The SMILES string of the molecule is CC(=N)CCCC[C@H](NC(=O)[C@@H]1CCCCOc2ccc(cc2)C[C@H](CC(C)=O)C(=O)N[C@@H](Cc2c[nH]c3ccccc23)C(=O)N1)C(=O)c1nc2ccccc2s1. The van der Waals surface area contributed by atoms with Gasteiger partial charge in [0.25, 0.3) is 0 Å². The normalized spacial score (nSPS) is 18.6. The number of nitrogens with zero attached hydrogens (tertiary/aromatic N) is 1. The molecule has 2 aliphatic heterocycles. The number of H-pyrrole nitrogens is 1. The molecule has 13 heteroatoms. The summed E-state index contributed by atoms with van der Waals surface area (Å²) >= 11 is 1.27. The summed E-state index contributed by atoms with van der Waals surface area (Å²) in [5.74, 6) is -2.08. The van der Waals surface area contributed by atoms with Gasteiger partial charge >= 0.3 is 0 Å². The van der Waals surface area contributed by atoms with Gasteiger partial charge in [-0.3, -0.25) is 19.2 Å². The van der Waals surface area contributed by atoms with E-state index in [4.69, 9.17) is 10.1 Å². The van der Waals surface area contributed by atoms with Crippen LogP contribution in [0.5, 0.6) is 5.75 Å².